The van der Waals surface area contributed by atoms with Crippen LogP contribution in [-0.4, -0.2) is 16.1 Å². The summed E-state index contributed by atoms with van der Waals surface area (Å²) in [7, 11) is 0. The van der Waals surface area contributed by atoms with Crippen LogP contribution >= 0.6 is 11.3 Å². The maximum Gasteiger partial charge on any atom is 0.257 e. The number of rotatable bonds is 2. The Balaban J connectivity index is 2.19. The predicted octanol–water partition coefficient (Wildman–Crippen LogP) is 1.26. The largest absolute Gasteiger partial charge is 0.399 e. The number of amides is 1. The Bertz CT molecular complexity index is 545. The molecule has 17 heavy (non-hydrogen) atoms. The van der Waals surface area contributed by atoms with E-state index in [0.29, 0.717) is 22.1 Å². The van der Waals surface area contributed by atoms with Gasteiger partial charge in [-0.15, -0.1) is 10.2 Å². The van der Waals surface area contributed by atoms with Gasteiger partial charge in [0.2, 0.25) is 5.13 Å². The fourth-order valence-corrected chi connectivity index (χ4v) is 1.91. The van der Waals surface area contributed by atoms with E-state index in [1.165, 1.54) is 11.3 Å². The first-order valence-electron chi connectivity index (χ1n) is 4.82. The lowest BCUT2D eigenvalue weighted by atomic mass is 10.1. The van der Waals surface area contributed by atoms with Gasteiger partial charge in [-0.25, -0.2) is 0 Å². The van der Waals surface area contributed by atoms with E-state index in [-0.39, 0.29) is 5.91 Å². The van der Waals surface area contributed by atoms with Crippen LogP contribution in [0.15, 0.2) is 18.2 Å². The molecule has 1 aromatic heterocycles. The normalized spacial score (nSPS) is 10.2. The molecule has 6 nitrogen and oxygen atoms in total. The number of nitrogen functional groups attached to an aromatic ring is 2. The molecule has 1 amide bonds. The number of carbonyl (C=O) groups excluding carboxylic acids is 1. The van der Waals surface area contributed by atoms with Gasteiger partial charge in [-0.3, -0.25) is 10.1 Å². The Hall–Kier alpha value is -2.15. The van der Waals surface area contributed by atoms with Crippen molar-refractivity contribution in [1.29, 1.82) is 0 Å². The second-order valence-electron chi connectivity index (χ2n) is 3.47. The van der Waals surface area contributed by atoms with E-state index >= 15 is 0 Å². The number of hydrogen-bond donors (Lipinski definition) is 3. The molecule has 88 valence electrons. The fourth-order valence-electron chi connectivity index (χ4n) is 1.32. The molecule has 5 N–H and O–H groups in total. The van der Waals surface area contributed by atoms with E-state index in [2.05, 4.69) is 15.5 Å². The average molecular weight is 249 g/mol. The summed E-state index contributed by atoms with van der Waals surface area (Å²) in [5.41, 5.74) is 12.5. The van der Waals surface area contributed by atoms with Crippen LogP contribution in [0.25, 0.3) is 0 Å². The minimum atomic E-state index is -0.305. The molecule has 0 aliphatic heterocycles. The molecule has 0 fully saturated rings. The highest BCUT2D eigenvalue weighted by Gasteiger charge is 2.10. The summed E-state index contributed by atoms with van der Waals surface area (Å²) in [6.45, 7) is 1.81. The van der Waals surface area contributed by atoms with E-state index in [9.17, 15) is 4.79 Å². The highest BCUT2D eigenvalue weighted by molar-refractivity contribution is 7.15. The zero-order chi connectivity index (χ0) is 12.4. The Morgan fingerprint density at radius 3 is 2.41 bits per heavy atom. The summed E-state index contributed by atoms with van der Waals surface area (Å²) in [5, 5.41) is 11.5. The Morgan fingerprint density at radius 1 is 1.24 bits per heavy atom. The third-order valence-corrected chi connectivity index (χ3v) is 2.74. The summed E-state index contributed by atoms with van der Waals surface area (Å²) in [5.74, 6) is -0.305. The molecule has 0 atom stereocenters. The van der Waals surface area contributed by atoms with Crippen molar-refractivity contribution in [1.82, 2.24) is 10.2 Å². The van der Waals surface area contributed by atoms with Gasteiger partial charge in [0.25, 0.3) is 5.91 Å². The van der Waals surface area contributed by atoms with Crippen molar-refractivity contribution in [3.05, 3.63) is 28.8 Å². The van der Waals surface area contributed by atoms with Crippen molar-refractivity contribution < 1.29 is 4.79 Å². The fraction of sp³-hybridized carbons (Fsp3) is 0.100. The number of nitrogens with zero attached hydrogens (tertiary/aromatic N) is 2. The summed E-state index contributed by atoms with van der Waals surface area (Å²) >= 11 is 1.30. The number of aromatic nitrogens is 2. The van der Waals surface area contributed by atoms with Crippen molar-refractivity contribution in [2.45, 2.75) is 6.92 Å². The Kier molecular flexibility index (Phi) is 2.92. The van der Waals surface area contributed by atoms with Gasteiger partial charge in [-0.05, 0) is 25.1 Å². The van der Waals surface area contributed by atoms with E-state index in [1.807, 2.05) is 6.92 Å². The van der Waals surface area contributed by atoms with E-state index < -0.39 is 0 Å². The van der Waals surface area contributed by atoms with Crippen molar-refractivity contribution in [3.8, 4) is 0 Å². The number of carbonyl (C=O) groups is 1. The van der Waals surface area contributed by atoms with Crippen LogP contribution in [0.4, 0.5) is 16.5 Å². The van der Waals surface area contributed by atoms with Gasteiger partial charge in [0.15, 0.2) is 0 Å². The van der Waals surface area contributed by atoms with Gasteiger partial charge in [0.1, 0.15) is 5.01 Å². The summed E-state index contributed by atoms with van der Waals surface area (Å²) in [6, 6.07) is 4.70. The molecule has 7 heteroatoms. The first-order valence-corrected chi connectivity index (χ1v) is 5.64. The lowest BCUT2D eigenvalue weighted by molar-refractivity contribution is 0.102. The van der Waals surface area contributed by atoms with Crippen molar-refractivity contribution in [3.63, 3.8) is 0 Å². The zero-order valence-electron chi connectivity index (χ0n) is 9.10. The van der Waals surface area contributed by atoms with Crippen molar-refractivity contribution in [2.24, 2.45) is 0 Å². The number of hydrogen-bond acceptors (Lipinski definition) is 6. The van der Waals surface area contributed by atoms with Crippen LogP contribution in [0.5, 0.6) is 0 Å². The summed E-state index contributed by atoms with van der Waals surface area (Å²) in [4.78, 5) is 11.8. The Morgan fingerprint density at radius 2 is 1.88 bits per heavy atom. The molecule has 0 saturated carbocycles. The molecule has 0 spiro atoms. The maximum atomic E-state index is 11.8. The molecule has 2 rings (SSSR count). The van der Waals surface area contributed by atoms with E-state index in [4.69, 9.17) is 11.5 Å². The van der Waals surface area contributed by atoms with Crippen LogP contribution in [0.3, 0.4) is 0 Å². The molecule has 0 saturated heterocycles. The highest BCUT2D eigenvalue weighted by Crippen LogP contribution is 2.17. The molecule has 0 aliphatic carbocycles. The third-order valence-electron chi connectivity index (χ3n) is 1.99. The van der Waals surface area contributed by atoms with Crippen LogP contribution < -0.4 is 16.8 Å². The van der Waals surface area contributed by atoms with Crippen molar-refractivity contribution in [2.75, 3.05) is 16.8 Å². The average Bonchev–Trinajstić information content (AvgIpc) is 2.62. The smallest absolute Gasteiger partial charge is 0.257 e. The number of nitrogens with one attached hydrogen (secondary N) is 1. The van der Waals surface area contributed by atoms with Crippen LogP contribution in [0.2, 0.25) is 0 Å². The van der Waals surface area contributed by atoms with Crippen LogP contribution in [0, 0.1) is 6.92 Å². The van der Waals surface area contributed by atoms with Gasteiger partial charge in [-0.1, -0.05) is 11.3 Å². The van der Waals surface area contributed by atoms with Crippen molar-refractivity contribution >= 4 is 33.8 Å². The molecule has 1 heterocycles. The summed E-state index contributed by atoms with van der Waals surface area (Å²) in [6.07, 6.45) is 0. The number of aryl methyl sites for hydroxylation is 1. The van der Waals surface area contributed by atoms with E-state index in [1.54, 1.807) is 18.2 Å². The highest BCUT2D eigenvalue weighted by atomic mass is 32.1. The second kappa shape index (κ2) is 4.38. The number of nitrogens with two attached hydrogens (primary N) is 2. The third kappa shape index (κ3) is 2.70. The monoisotopic (exact) mass is 249 g/mol. The van der Waals surface area contributed by atoms with E-state index in [0.717, 1.165) is 5.01 Å². The quantitative estimate of drug-likeness (QED) is 0.694. The van der Waals surface area contributed by atoms with Gasteiger partial charge in [0, 0.05) is 16.9 Å². The molecule has 2 aromatic rings. The lowest BCUT2D eigenvalue weighted by Crippen LogP contribution is -2.12. The molecule has 0 radical (unpaired) electrons. The second-order valence-corrected chi connectivity index (χ2v) is 4.65. The molecule has 0 unspecified atom stereocenters. The minimum Gasteiger partial charge on any atom is -0.399 e. The lowest BCUT2D eigenvalue weighted by Gasteiger charge is -2.03. The van der Waals surface area contributed by atoms with Crippen LogP contribution in [-0.2, 0) is 0 Å². The number of benzene rings is 1. The summed E-state index contributed by atoms with van der Waals surface area (Å²) < 4.78 is 0. The first-order chi connectivity index (χ1) is 8.04. The predicted molar refractivity (Wildman–Crippen MR) is 67.9 cm³/mol. The number of anilines is 3. The zero-order valence-corrected chi connectivity index (χ0v) is 9.91. The van der Waals surface area contributed by atoms with Gasteiger partial charge >= 0.3 is 0 Å². The maximum absolute atomic E-state index is 11.8. The first kappa shape index (κ1) is 11.3. The standard InChI is InChI=1S/C10H11N5OS/c1-5-14-15-10(17-5)13-9(16)6-2-7(11)4-8(12)3-6/h2-4H,11-12H2,1H3,(H,13,15,16). The van der Waals surface area contributed by atoms with Gasteiger partial charge in [0.05, 0.1) is 0 Å². The molecular weight excluding hydrogens is 238 g/mol. The molecule has 0 aliphatic rings. The molecule has 1 aromatic carbocycles. The molecule has 0 bridgehead atoms. The SMILES string of the molecule is Cc1nnc(NC(=O)c2cc(N)cc(N)c2)s1. The van der Waals surface area contributed by atoms with Gasteiger partial charge < -0.3 is 11.5 Å². The minimum absolute atomic E-state index is 0.305. The molecular formula is C10H11N5OS. The topological polar surface area (TPSA) is 107 Å². The van der Waals surface area contributed by atoms with Gasteiger partial charge in [-0.2, -0.15) is 0 Å². The Labute approximate surface area is 102 Å². The van der Waals surface area contributed by atoms with Crippen LogP contribution in [0.1, 0.15) is 15.4 Å².